The lowest BCUT2D eigenvalue weighted by Gasteiger charge is -2.41. The van der Waals surface area contributed by atoms with E-state index in [0.29, 0.717) is 5.57 Å². The lowest BCUT2D eigenvalue weighted by molar-refractivity contribution is -0.169. The average molecular weight is 396 g/mol. The molecule has 0 saturated heterocycles. The normalized spacial score (nSPS) is 24.0. The highest BCUT2D eigenvalue weighted by Gasteiger charge is 2.46. The zero-order chi connectivity index (χ0) is 20.5. The van der Waals surface area contributed by atoms with Crippen molar-refractivity contribution in [3.8, 4) is 0 Å². The quantitative estimate of drug-likeness (QED) is 0.600. The number of rotatable bonds is 4. The summed E-state index contributed by atoms with van der Waals surface area (Å²) in [5.41, 5.74) is 1.57. The summed E-state index contributed by atoms with van der Waals surface area (Å²) in [4.78, 5) is 4.22. The minimum absolute atomic E-state index is 0.606. The Balaban J connectivity index is 2.02. The number of benzene rings is 1. The zero-order valence-corrected chi connectivity index (χ0v) is 16.2. The molecule has 1 aromatic heterocycles. The molecule has 0 spiro atoms. The summed E-state index contributed by atoms with van der Waals surface area (Å²) in [6, 6.07) is 9.70. The molecule has 3 unspecified atom stereocenters. The number of allylic oxidation sites excluding steroid dienone is 8. The highest BCUT2D eigenvalue weighted by molar-refractivity contribution is 5.56. The second-order valence-electron chi connectivity index (χ2n) is 7.59. The van der Waals surface area contributed by atoms with Crippen molar-refractivity contribution in [1.29, 1.82) is 0 Å². The molecule has 2 aromatic rings. The molecule has 29 heavy (non-hydrogen) atoms. The summed E-state index contributed by atoms with van der Waals surface area (Å²) in [6.07, 6.45) is 13.8. The van der Waals surface area contributed by atoms with Crippen molar-refractivity contribution >= 4 is 0 Å². The highest BCUT2D eigenvalue weighted by Crippen LogP contribution is 2.47. The van der Waals surface area contributed by atoms with E-state index in [1.54, 1.807) is 25.5 Å². The summed E-state index contributed by atoms with van der Waals surface area (Å²) >= 11 is 0. The van der Waals surface area contributed by atoms with E-state index in [9.17, 15) is 13.2 Å². The number of imidazole rings is 1. The fourth-order valence-electron chi connectivity index (χ4n) is 4.38. The third-order valence-corrected chi connectivity index (χ3v) is 5.80. The van der Waals surface area contributed by atoms with Gasteiger partial charge in [0.2, 0.25) is 0 Å². The summed E-state index contributed by atoms with van der Waals surface area (Å²) in [5, 5.41) is 0. The van der Waals surface area contributed by atoms with Gasteiger partial charge in [-0.25, -0.2) is 4.98 Å². The van der Waals surface area contributed by atoms with Gasteiger partial charge < -0.3 is 4.57 Å². The summed E-state index contributed by atoms with van der Waals surface area (Å²) < 4.78 is 43.4. The van der Waals surface area contributed by atoms with Crippen molar-refractivity contribution in [2.24, 2.45) is 11.8 Å². The van der Waals surface area contributed by atoms with Crippen LogP contribution in [0.5, 0.6) is 0 Å². The van der Waals surface area contributed by atoms with Crippen molar-refractivity contribution in [3.63, 3.8) is 0 Å². The van der Waals surface area contributed by atoms with E-state index in [0.717, 1.165) is 24.0 Å². The molecule has 0 aliphatic heterocycles. The summed E-state index contributed by atoms with van der Waals surface area (Å²) in [7, 11) is 0. The maximum absolute atomic E-state index is 13.8. The molecule has 0 fully saturated rings. The van der Waals surface area contributed by atoms with Crippen molar-refractivity contribution < 1.29 is 13.2 Å². The maximum Gasteiger partial charge on any atom is 0.395 e. The smallest absolute Gasteiger partial charge is 0.319 e. The molecule has 150 valence electrons. The molecule has 2 nitrogen and oxygen atoms in total. The van der Waals surface area contributed by atoms with Crippen LogP contribution in [-0.2, 0) is 5.54 Å². The lowest BCUT2D eigenvalue weighted by atomic mass is 9.70. The number of alkyl halides is 3. The Hall–Kier alpha value is -2.82. The third kappa shape index (κ3) is 3.39. The molecule has 0 N–H and O–H groups in total. The Morgan fingerprint density at radius 2 is 1.83 bits per heavy atom. The number of aromatic nitrogens is 2. The monoisotopic (exact) mass is 396 g/mol. The minimum atomic E-state index is -4.30. The van der Waals surface area contributed by atoms with E-state index in [1.165, 1.54) is 6.08 Å². The van der Waals surface area contributed by atoms with Crippen molar-refractivity contribution in [2.75, 3.05) is 0 Å². The van der Waals surface area contributed by atoms with Crippen LogP contribution in [0.3, 0.4) is 0 Å². The zero-order valence-electron chi connectivity index (χ0n) is 16.2. The SMILES string of the molecule is CC1C=CC(C(C2=CCCC=C2)(c2ccccc2)n2ccnc2)=CC1C(F)(F)F. The van der Waals surface area contributed by atoms with E-state index in [1.807, 2.05) is 53.2 Å². The van der Waals surface area contributed by atoms with Crippen LogP contribution in [0.2, 0.25) is 0 Å². The van der Waals surface area contributed by atoms with Crippen LogP contribution in [0.1, 0.15) is 25.3 Å². The van der Waals surface area contributed by atoms with Gasteiger partial charge >= 0.3 is 6.18 Å². The van der Waals surface area contributed by atoms with Crippen LogP contribution >= 0.6 is 0 Å². The van der Waals surface area contributed by atoms with E-state index < -0.39 is 23.6 Å². The van der Waals surface area contributed by atoms with E-state index in [4.69, 9.17) is 0 Å². The van der Waals surface area contributed by atoms with Crippen LogP contribution in [-0.4, -0.2) is 15.7 Å². The topological polar surface area (TPSA) is 17.8 Å². The Morgan fingerprint density at radius 3 is 2.45 bits per heavy atom. The molecule has 1 heterocycles. The Morgan fingerprint density at radius 1 is 1.03 bits per heavy atom. The lowest BCUT2D eigenvalue weighted by Crippen LogP contribution is -2.40. The van der Waals surface area contributed by atoms with Gasteiger partial charge in [-0.3, -0.25) is 0 Å². The van der Waals surface area contributed by atoms with Crippen molar-refractivity contribution in [3.05, 3.63) is 102 Å². The predicted molar refractivity (Wildman–Crippen MR) is 108 cm³/mol. The van der Waals surface area contributed by atoms with Crippen LogP contribution in [0.25, 0.3) is 0 Å². The summed E-state index contributed by atoms with van der Waals surface area (Å²) in [5.74, 6) is -2.13. The molecule has 0 bridgehead atoms. The standard InChI is InChI=1S/C24H23F3N2/c1-18-12-13-21(16-22(18)24(25,26)27)23(29-15-14-28-17-29,19-8-4-2-5-9-19)20-10-6-3-7-11-20/h2,4-6,8-18,22H,3,7H2,1H3. The minimum Gasteiger partial charge on any atom is -0.319 e. The fraction of sp³-hybridized carbons (Fsp3) is 0.292. The van der Waals surface area contributed by atoms with Gasteiger partial charge in [-0.15, -0.1) is 0 Å². The first-order valence-corrected chi connectivity index (χ1v) is 9.82. The van der Waals surface area contributed by atoms with E-state index in [2.05, 4.69) is 17.1 Å². The number of hydrogen-bond donors (Lipinski definition) is 0. The van der Waals surface area contributed by atoms with Crippen LogP contribution in [0.4, 0.5) is 13.2 Å². The van der Waals surface area contributed by atoms with Crippen LogP contribution in [0, 0.1) is 11.8 Å². The Kier molecular flexibility index (Phi) is 5.07. The molecule has 2 aliphatic carbocycles. The van der Waals surface area contributed by atoms with Gasteiger partial charge in [0.05, 0.1) is 12.2 Å². The highest BCUT2D eigenvalue weighted by atomic mass is 19.4. The van der Waals surface area contributed by atoms with Gasteiger partial charge in [0, 0.05) is 12.4 Å². The van der Waals surface area contributed by atoms with Gasteiger partial charge in [-0.05, 0) is 35.5 Å². The van der Waals surface area contributed by atoms with Gasteiger partial charge in [0.1, 0.15) is 5.54 Å². The molecule has 4 rings (SSSR count). The average Bonchev–Trinajstić information content (AvgIpc) is 3.25. The fourth-order valence-corrected chi connectivity index (χ4v) is 4.38. The first kappa shape index (κ1) is 19.5. The number of halogens is 3. The van der Waals surface area contributed by atoms with Gasteiger partial charge in [-0.2, -0.15) is 13.2 Å². The van der Waals surface area contributed by atoms with Gasteiger partial charge in [0.25, 0.3) is 0 Å². The van der Waals surface area contributed by atoms with Gasteiger partial charge in [0.15, 0.2) is 0 Å². The molecule has 0 radical (unpaired) electrons. The molecule has 5 heteroatoms. The van der Waals surface area contributed by atoms with Gasteiger partial charge in [-0.1, -0.05) is 73.7 Å². The molecular weight excluding hydrogens is 373 g/mol. The first-order valence-electron chi connectivity index (χ1n) is 9.82. The predicted octanol–water partition coefficient (Wildman–Crippen LogP) is 6.21. The van der Waals surface area contributed by atoms with E-state index in [-0.39, 0.29) is 0 Å². The van der Waals surface area contributed by atoms with Crippen LogP contribution < -0.4 is 0 Å². The largest absolute Gasteiger partial charge is 0.395 e. The third-order valence-electron chi connectivity index (χ3n) is 5.80. The van der Waals surface area contributed by atoms with Crippen molar-refractivity contribution in [2.45, 2.75) is 31.5 Å². The molecule has 0 amide bonds. The molecule has 2 aliphatic rings. The Labute approximate surface area is 168 Å². The molecule has 0 saturated carbocycles. The number of hydrogen-bond acceptors (Lipinski definition) is 1. The summed E-state index contributed by atoms with van der Waals surface area (Å²) in [6.45, 7) is 1.61. The molecular formula is C24H23F3N2. The van der Waals surface area contributed by atoms with Crippen LogP contribution in [0.15, 0.2) is 96.7 Å². The molecule has 3 atom stereocenters. The molecule has 1 aromatic carbocycles. The maximum atomic E-state index is 13.8. The van der Waals surface area contributed by atoms with E-state index >= 15 is 0 Å². The van der Waals surface area contributed by atoms with Crippen molar-refractivity contribution in [1.82, 2.24) is 9.55 Å². The second-order valence-corrected chi connectivity index (χ2v) is 7.59. The first-order chi connectivity index (χ1) is 13.9. The Bertz CT molecular complexity index is 965. The second kappa shape index (κ2) is 7.54. The number of nitrogens with zero attached hydrogens (tertiary/aromatic N) is 2.